The van der Waals surface area contributed by atoms with E-state index in [1.807, 2.05) is 6.29 Å². The van der Waals surface area contributed by atoms with E-state index in [4.69, 9.17) is 0 Å². The van der Waals surface area contributed by atoms with Gasteiger partial charge >= 0.3 is 0 Å². The molecule has 0 rings (SSSR count). The normalized spacial score (nSPS) is 11.2. The summed E-state index contributed by atoms with van der Waals surface area (Å²) in [7, 11) is 0. The predicted molar refractivity (Wildman–Crippen MR) is 57.3 cm³/mol. The Hall–Kier alpha value is -0.850. The fourth-order valence-electron chi connectivity index (χ4n) is 1.07. The van der Waals surface area contributed by atoms with E-state index >= 15 is 0 Å². The lowest BCUT2D eigenvalue weighted by atomic mass is 10.1. The summed E-state index contributed by atoms with van der Waals surface area (Å²) in [6.45, 7) is 6.34. The topological polar surface area (TPSA) is 17.1 Å². The molecule has 0 spiro atoms. The van der Waals surface area contributed by atoms with Crippen molar-refractivity contribution in [3.63, 3.8) is 0 Å². The first-order valence-electron chi connectivity index (χ1n) is 4.81. The molecule has 0 aliphatic heterocycles. The zero-order valence-electron chi connectivity index (χ0n) is 8.89. The first kappa shape index (κ1) is 12.2. The Morgan fingerprint density at radius 2 is 1.85 bits per heavy atom. The van der Waals surface area contributed by atoms with Crippen LogP contribution in [0.1, 0.15) is 46.5 Å². The fraction of sp³-hybridized carbons (Fsp3) is 0.583. The van der Waals surface area contributed by atoms with Crippen molar-refractivity contribution >= 4 is 6.29 Å². The number of hydrogen-bond donors (Lipinski definition) is 0. The summed E-state index contributed by atoms with van der Waals surface area (Å²) in [6, 6.07) is 0. The Balaban J connectivity index is 3.60. The minimum Gasteiger partial charge on any atom is -0.291 e. The number of allylic oxidation sites excluding steroid dienone is 4. The minimum atomic E-state index is 0.528. The Labute approximate surface area is 81.5 Å². The Morgan fingerprint density at radius 1 is 1.15 bits per heavy atom. The summed E-state index contributed by atoms with van der Waals surface area (Å²) < 4.78 is 0. The quantitative estimate of drug-likeness (QED) is 0.450. The highest BCUT2D eigenvalue weighted by atomic mass is 16.1. The summed E-state index contributed by atoms with van der Waals surface area (Å²) in [4.78, 5) is 9.93. The SMILES string of the molecule is CC(C)=CCC/C(C)=C/CC[C]=O. The number of carbonyl (C=O) groups excluding carboxylic acids is 1. The van der Waals surface area contributed by atoms with Crippen LogP contribution in [0.5, 0.6) is 0 Å². The van der Waals surface area contributed by atoms with Crippen LogP contribution < -0.4 is 0 Å². The molecular weight excluding hydrogens is 160 g/mol. The van der Waals surface area contributed by atoms with Gasteiger partial charge in [0.25, 0.3) is 0 Å². The third kappa shape index (κ3) is 9.06. The molecule has 0 aliphatic carbocycles. The van der Waals surface area contributed by atoms with Gasteiger partial charge in [-0.2, -0.15) is 0 Å². The number of rotatable bonds is 6. The highest BCUT2D eigenvalue weighted by molar-refractivity contribution is 5.50. The molecule has 1 radical (unpaired) electrons. The van der Waals surface area contributed by atoms with Gasteiger partial charge in [0, 0.05) is 6.42 Å². The summed E-state index contributed by atoms with van der Waals surface area (Å²) >= 11 is 0. The van der Waals surface area contributed by atoms with E-state index in [-0.39, 0.29) is 0 Å². The fourth-order valence-corrected chi connectivity index (χ4v) is 1.07. The lowest BCUT2D eigenvalue weighted by molar-refractivity contribution is 0.551. The second-order valence-corrected chi connectivity index (χ2v) is 3.55. The van der Waals surface area contributed by atoms with Gasteiger partial charge in [-0.05, 0) is 40.0 Å². The van der Waals surface area contributed by atoms with Crippen LogP contribution in [0, 0.1) is 0 Å². The molecule has 0 atom stereocenters. The summed E-state index contributed by atoms with van der Waals surface area (Å²) in [6.07, 6.45) is 9.83. The Kier molecular flexibility index (Phi) is 7.27. The highest BCUT2D eigenvalue weighted by Gasteiger charge is 1.88. The minimum absolute atomic E-state index is 0.528. The maximum absolute atomic E-state index is 9.93. The molecule has 0 saturated carbocycles. The third-order valence-corrected chi connectivity index (χ3v) is 1.83. The molecule has 0 aromatic heterocycles. The van der Waals surface area contributed by atoms with E-state index < -0.39 is 0 Å². The smallest absolute Gasteiger partial charge is 0.198 e. The van der Waals surface area contributed by atoms with Crippen molar-refractivity contribution in [3.05, 3.63) is 23.3 Å². The Bertz CT molecular complexity index is 195. The van der Waals surface area contributed by atoms with Gasteiger partial charge in [-0.1, -0.05) is 23.3 Å². The zero-order chi connectivity index (χ0) is 10.1. The molecule has 0 aromatic carbocycles. The second-order valence-electron chi connectivity index (χ2n) is 3.55. The van der Waals surface area contributed by atoms with Gasteiger partial charge in [0.2, 0.25) is 0 Å². The monoisotopic (exact) mass is 179 g/mol. The molecular formula is C12H19O. The van der Waals surface area contributed by atoms with Crippen LogP contribution in [0.15, 0.2) is 23.3 Å². The molecule has 13 heavy (non-hydrogen) atoms. The molecule has 1 nitrogen and oxygen atoms in total. The molecule has 0 bridgehead atoms. The van der Waals surface area contributed by atoms with E-state index in [1.54, 1.807) is 0 Å². The van der Waals surface area contributed by atoms with Crippen molar-refractivity contribution < 1.29 is 4.79 Å². The van der Waals surface area contributed by atoms with Crippen molar-refractivity contribution in [2.75, 3.05) is 0 Å². The van der Waals surface area contributed by atoms with Crippen molar-refractivity contribution in [2.45, 2.75) is 46.5 Å². The maximum atomic E-state index is 9.93. The van der Waals surface area contributed by atoms with Crippen molar-refractivity contribution in [2.24, 2.45) is 0 Å². The Morgan fingerprint density at radius 3 is 2.38 bits per heavy atom. The molecule has 73 valence electrons. The molecule has 0 saturated heterocycles. The van der Waals surface area contributed by atoms with Gasteiger partial charge in [-0.3, -0.25) is 4.79 Å². The first-order chi connectivity index (χ1) is 6.16. The van der Waals surface area contributed by atoms with Gasteiger partial charge < -0.3 is 0 Å². The van der Waals surface area contributed by atoms with Crippen LogP contribution in [0.3, 0.4) is 0 Å². The highest BCUT2D eigenvalue weighted by Crippen LogP contribution is 2.07. The van der Waals surface area contributed by atoms with Crippen LogP contribution >= 0.6 is 0 Å². The molecule has 0 amide bonds. The average Bonchev–Trinajstić information content (AvgIpc) is 2.04. The van der Waals surface area contributed by atoms with E-state index in [1.165, 1.54) is 11.1 Å². The lowest BCUT2D eigenvalue weighted by Gasteiger charge is -1.97. The van der Waals surface area contributed by atoms with E-state index in [2.05, 4.69) is 32.9 Å². The molecule has 0 unspecified atom stereocenters. The van der Waals surface area contributed by atoms with Crippen LogP contribution in [-0.2, 0) is 4.79 Å². The van der Waals surface area contributed by atoms with Crippen LogP contribution in [-0.4, -0.2) is 6.29 Å². The van der Waals surface area contributed by atoms with Crippen LogP contribution in [0.25, 0.3) is 0 Å². The first-order valence-corrected chi connectivity index (χ1v) is 4.81. The van der Waals surface area contributed by atoms with Gasteiger partial charge in [0.15, 0.2) is 6.29 Å². The van der Waals surface area contributed by atoms with Crippen molar-refractivity contribution in [1.29, 1.82) is 0 Å². The molecule has 0 aliphatic rings. The van der Waals surface area contributed by atoms with Gasteiger partial charge in [-0.25, -0.2) is 0 Å². The van der Waals surface area contributed by atoms with Crippen LogP contribution in [0.4, 0.5) is 0 Å². The number of unbranched alkanes of at least 4 members (excludes halogenated alkanes) is 1. The molecule has 0 heterocycles. The second kappa shape index (κ2) is 7.78. The predicted octanol–water partition coefficient (Wildman–Crippen LogP) is 3.57. The van der Waals surface area contributed by atoms with E-state index in [0.717, 1.165) is 19.3 Å². The van der Waals surface area contributed by atoms with Crippen molar-refractivity contribution in [1.82, 2.24) is 0 Å². The molecule has 1 heteroatoms. The van der Waals surface area contributed by atoms with E-state index in [0.29, 0.717) is 6.42 Å². The molecule has 0 N–H and O–H groups in total. The van der Waals surface area contributed by atoms with Gasteiger partial charge in [0.05, 0.1) is 0 Å². The third-order valence-electron chi connectivity index (χ3n) is 1.83. The maximum Gasteiger partial charge on any atom is 0.198 e. The van der Waals surface area contributed by atoms with E-state index in [9.17, 15) is 4.79 Å². The summed E-state index contributed by atoms with van der Waals surface area (Å²) in [5.74, 6) is 0. The molecule has 0 fully saturated rings. The lowest BCUT2D eigenvalue weighted by Crippen LogP contribution is -1.79. The van der Waals surface area contributed by atoms with Gasteiger partial charge in [0.1, 0.15) is 0 Å². The average molecular weight is 179 g/mol. The van der Waals surface area contributed by atoms with Crippen LogP contribution in [0.2, 0.25) is 0 Å². The molecule has 0 aromatic rings. The number of hydrogen-bond acceptors (Lipinski definition) is 1. The summed E-state index contributed by atoms with van der Waals surface area (Å²) in [5.41, 5.74) is 2.74. The standard InChI is InChI=1S/C12H19O/c1-11(2)7-6-9-12(3)8-4-5-10-13/h7-8H,4-6,9H2,1-3H3/b12-8+. The van der Waals surface area contributed by atoms with Gasteiger partial charge in [-0.15, -0.1) is 0 Å². The zero-order valence-corrected chi connectivity index (χ0v) is 8.89. The largest absolute Gasteiger partial charge is 0.291 e. The summed E-state index contributed by atoms with van der Waals surface area (Å²) in [5, 5.41) is 0. The van der Waals surface area contributed by atoms with Crippen molar-refractivity contribution in [3.8, 4) is 0 Å².